The summed E-state index contributed by atoms with van der Waals surface area (Å²) in [7, 11) is 1.68. The van der Waals surface area contributed by atoms with Crippen LogP contribution in [-0.4, -0.2) is 35.4 Å². The summed E-state index contributed by atoms with van der Waals surface area (Å²) in [6.45, 7) is 0.249. The number of ether oxygens (including phenoxy) is 1. The number of hydrogen-bond acceptors (Lipinski definition) is 4. The minimum Gasteiger partial charge on any atom is -0.451 e. The summed E-state index contributed by atoms with van der Waals surface area (Å²) in [5, 5.41) is 1.96. The van der Waals surface area contributed by atoms with Crippen molar-refractivity contribution >= 4 is 39.1 Å². The molecule has 2 heterocycles. The van der Waals surface area contributed by atoms with E-state index in [4.69, 9.17) is 4.74 Å². The van der Waals surface area contributed by atoms with Crippen molar-refractivity contribution < 1.29 is 14.3 Å². The van der Waals surface area contributed by atoms with E-state index in [1.807, 2.05) is 17.5 Å². The molecular formula is C13H13BrN2O3S. The Morgan fingerprint density at radius 3 is 2.90 bits per heavy atom. The lowest BCUT2D eigenvalue weighted by Gasteiger charge is -2.15. The molecule has 106 valence electrons. The summed E-state index contributed by atoms with van der Waals surface area (Å²) in [5.41, 5.74) is 0.311. The van der Waals surface area contributed by atoms with E-state index in [0.717, 1.165) is 9.35 Å². The Labute approximate surface area is 128 Å². The first-order valence-corrected chi connectivity index (χ1v) is 7.51. The van der Waals surface area contributed by atoms with E-state index in [9.17, 15) is 9.59 Å². The maximum atomic E-state index is 11.8. The fraction of sp³-hybridized carbons (Fsp3) is 0.231. The summed E-state index contributed by atoms with van der Waals surface area (Å²) in [5.74, 6) is -0.786. The second-order valence-corrected chi connectivity index (χ2v) is 6.08. The van der Waals surface area contributed by atoms with Gasteiger partial charge in [0.15, 0.2) is 6.61 Å². The molecule has 0 aromatic carbocycles. The molecule has 0 bridgehead atoms. The molecule has 5 nitrogen and oxygen atoms in total. The molecule has 0 atom stereocenters. The molecule has 0 spiro atoms. The molecule has 0 aliphatic heterocycles. The second kappa shape index (κ2) is 6.71. The number of aromatic amines is 1. The van der Waals surface area contributed by atoms with E-state index < -0.39 is 5.97 Å². The third-order valence-corrected chi connectivity index (χ3v) is 3.91. The number of H-pyrrole nitrogens is 1. The zero-order valence-electron chi connectivity index (χ0n) is 10.8. The number of hydrogen-bond donors (Lipinski definition) is 1. The van der Waals surface area contributed by atoms with Crippen molar-refractivity contribution in [2.45, 2.75) is 6.54 Å². The monoisotopic (exact) mass is 356 g/mol. The number of esters is 1. The molecule has 0 aliphatic carbocycles. The average molecular weight is 357 g/mol. The van der Waals surface area contributed by atoms with Gasteiger partial charge in [0.25, 0.3) is 5.91 Å². The van der Waals surface area contributed by atoms with Gasteiger partial charge < -0.3 is 14.6 Å². The molecule has 7 heteroatoms. The molecular weight excluding hydrogens is 344 g/mol. The number of nitrogens with one attached hydrogen (secondary N) is 1. The summed E-state index contributed by atoms with van der Waals surface area (Å²) in [6, 6.07) is 5.49. The minimum absolute atomic E-state index is 0.239. The fourth-order valence-electron chi connectivity index (χ4n) is 1.53. The standard InChI is InChI=1S/C13H13BrN2O3S/c1-16(7-10-3-2-4-20-10)12(17)8-19-13(18)11-5-9(14)6-15-11/h2-6,15H,7-8H2,1H3. The van der Waals surface area contributed by atoms with E-state index in [-0.39, 0.29) is 12.5 Å². The lowest BCUT2D eigenvalue weighted by molar-refractivity contribution is -0.133. The maximum absolute atomic E-state index is 11.8. The van der Waals surface area contributed by atoms with Crippen molar-refractivity contribution in [1.29, 1.82) is 0 Å². The van der Waals surface area contributed by atoms with Gasteiger partial charge in [-0.2, -0.15) is 0 Å². The van der Waals surface area contributed by atoms with Crippen LogP contribution < -0.4 is 0 Å². The van der Waals surface area contributed by atoms with Crippen LogP contribution in [0.4, 0.5) is 0 Å². The number of thiophene rings is 1. The number of likely N-dealkylation sites (N-methyl/N-ethyl adjacent to an activating group) is 1. The van der Waals surface area contributed by atoms with Crippen LogP contribution >= 0.6 is 27.3 Å². The number of rotatable bonds is 5. The van der Waals surface area contributed by atoms with E-state index in [2.05, 4.69) is 20.9 Å². The number of carbonyl (C=O) groups excluding carboxylic acids is 2. The first kappa shape index (κ1) is 14.8. The van der Waals surface area contributed by atoms with Crippen LogP contribution in [0.2, 0.25) is 0 Å². The van der Waals surface area contributed by atoms with Crippen molar-refractivity contribution in [3.05, 3.63) is 44.8 Å². The van der Waals surface area contributed by atoms with E-state index in [1.165, 1.54) is 4.90 Å². The average Bonchev–Trinajstić information content (AvgIpc) is 3.07. The normalized spacial score (nSPS) is 10.3. The van der Waals surface area contributed by atoms with Crippen LogP contribution in [-0.2, 0) is 16.1 Å². The van der Waals surface area contributed by atoms with Gasteiger partial charge in [-0.15, -0.1) is 11.3 Å². The number of aromatic nitrogens is 1. The molecule has 0 saturated heterocycles. The molecule has 0 fully saturated rings. The Morgan fingerprint density at radius 1 is 1.50 bits per heavy atom. The maximum Gasteiger partial charge on any atom is 0.355 e. The Balaban J connectivity index is 1.81. The first-order chi connectivity index (χ1) is 9.56. The second-order valence-electron chi connectivity index (χ2n) is 4.14. The van der Waals surface area contributed by atoms with Gasteiger partial charge in [0.2, 0.25) is 0 Å². The predicted molar refractivity (Wildman–Crippen MR) is 79.6 cm³/mol. The van der Waals surface area contributed by atoms with E-state index in [1.54, 1.807) is 30.6 Å². The lowest BCUT2D eigenvalue weighted by Crippen LogP contribution is -2.30. The van der Waals surface area contributed by atoms with Gasteiger partial charge in [-0.05, 0) is 33.4 Å². The number of halogens is 1. The van der Waals surface area contributed by atoms with Gasteiger partial charge in [-0.3, -0.25) is 4.79 Å². The van der Waals surface area contributed by atoms with Crippen LogP contribution in [0.3, 0.4) is 0 Å². The molecule has 2 aromatic rings. The highest BCUT2D eigenvalue weighted by Crippen LogP contribution is 2.12. The topological polar surface area (TPSA) is 62.4 Å². The van der Waals surface area contributed by atoms with Crippen LogP contribution in [0, 0.1) is 0 Å². The molecule has 1 N–H and O–H groups in total. The molecule has 20 heavy (non-hydrogen) atoms. The predicted octanol–water partition coefficient (Wildman–Crippen LogP) is 2.65. The highest BCUT2D eigenvalue weighted by atomic mass is 79.9. The van der Waals surface area contributed by atoms with Crippen LogP contribution in [0.1, 0.15) is 15.4 Å². The van der Waals surface area contributed by atoms with Gasteiger partial charge in [-0.1, -0.05) is 6.07 Å². The summed E-state index contributed by atoms with van der Waals surface area (Å²) >= 11 is 4.80. The third kappa shape index (κ3) is 3.94. The van der Waals surface area contributed by atoms with Crippen LogP contribution in [0.5, 0.6) is 0 Å². The van der Waals surface area contributed by atoms with Crippen molar-refractivity contribution in [2.24, 2.45) is 0 Å². The van der Waals surface area contributed by atoms with Crippen molar-refractivity contribution in [1.82, 2.24) is 9.88 Å². The molecule has 0 unspecified atom stereocenters. The smallest absolute Gasteiger partial charge is 0.355 e. The largest absolute Gasteiger partial charge is 0.451 e. The molecule has 2 aromatic heterocycles. The summed E-state index contributed by atoms with van der Waals surface area (Å²) in [4.78, 5) is 28.9. The van der Waals surface area contributed by atoms with Gasteiger partial charge in [0.05, 0.1) is 6.54 Å². The van der Waals surface area contributed by atoms with Gasteiger partial charge in [0, 0.05) is 22.6 Å². The third-order valence-electron chi connectivity index (χ3n) is 2.59. The van der Waals surface area contributed by atoms with Gasteiger partial charge in [0.1, 0.15) is 5.69 Å². The van der Waals surface area contributed by atoms with E-state index in [0.29, 0.717) is 12.2 Å². The van der Waals surface area contributed by atoms with Crippen molar-refractivity contribution in [3.8, 4) is 0 Å². The molecule has 0 saturated carbocycles. The minimum atomic E-state index is -0.548. The number of nitrogens with zero attached hydrogens (tertiary/aromatic N) is 1. The first-order valence-electron chi connectivity index (χ1n) is 5.83. The number of carbonyl (C=O) groups is 2. The Morgan fingerprint density at radius 2 is 2.30 bits per heavy atom. The Kier molecular flexibility index (Phi) is 4.97. The molecule has 0 radical (unpaired) electrons. The van der Waals surface area contributed by atoms with Gasteiger partial charge in [-0.25, -0.2) is 4.79 Å². The number of amides is 1. The Bertz CT molecular complexity index is 595. The highest BCUT2D eigenvalue weighted by Gasteiger charge is 2.15. The zero-order valence-corrected chi connectivity index (χ0v) is 13.2. The summed E-state index contributed by atoms with van der Waals surface area (Å²) in [6.07, 6.45) is 1.63. The van der Waals surface area contributed by atoms with E-state index >= 15 is 0 Å². The van der Waals surface area contributed by atoms with Crippen molar-refractivity contribution in [3.63, 3.8) is 0 Å². The van der Waals surface area contributed by atoms with Crippen molar-refractivity contribution in [2.75, 3.05) is 13.7 Å². The SMILES string of the molecule is CN(Cc1cccs1)C(=O)COC(=O)c1cc(Br)c[nH]1. The van der Waals surface area contributed by atoms with Crippen LogP contribution in [0.15, 0.2) is 34.2 Å². The van der Waals surface area contributed by atoms with Crippen LogP contribution in [0.25, 0.3) is 0 Å². The van der Waals surface area contributed by atoms with Gasteiger partial charge >= 0.3 is 5.97 Å². The fourth-order valence-corrected chi connectivity index (χ4v) is 2.63. The quantitative estimate of drug-likeness (QED) is 0.837. The lowest BCUT2D eigenvalue weighted by atomic mass is 10.4. The molecule has 2 rings (SSSR count). The molecule has 1 amide bonds. The Hall–Kier alpha value is -1.60. The highest BCUT2D eigenvalue weighted by molar-refractivity contribution is 9.10. The molecule has 0 aliphatic rings. The zero-order chi connectivity index (χ0) is 14.5. The summed E-state index contributed by atoms with van der Waals surface area (Å²) < 4.78 is 5.72.